The highest BCUT2D eigenvalue weighted by Crippen LogP contribution is 2.19. The molecule has 32 heavy (non-hydrogen) atoms. The van der Waals surface area contributed by atoms with Crippen molar-refractivity contribution in [3.63, 3.8) is 0 Å². The van der Waals surface area contributed by atoms with E-state index in [0.29, 0.717) is 23.1 Å². The Labute approximate surface area is 188 Å². The minimum atomic E-state index is -0.287. The third-order valence-corrected chi connectivity index (χ3v) is 6.14. The second-order valence-electron chi connectivity index (χ2n) is 8.56. The van der Waals surface area contributed by atoms with E-state index < -0.39 is 0 Å². The summed E-state index contributed by atoms with van der Waals surface area (Å²) in [6, 6.07) is 9.69. The van der Waals surface area contributed by atoms with Crippen LogP contribution in [-0.2, 0) is 11.3 Å². The molecule has 1 saturated heterocycles. The first kappa shape index (κ1) is 22.2. The van der Waals surface area contributed by atoms with E-state index in [4.69, 9.17) is 0 Å². The van der Waals surface area contributed by atoms with Gasteiger partial charge in [0.25, 0.3) is 5.56 Å². The van der Waals surface area contributed by atoms with Crippen molar-refractivity contribution in [2.45, 2.75) is 52.5 Å². The molecule has 0 spiro atoms. The van der Waals surface area contributed by atoms with Gasteiger partial charge in [0.1, 0.15) is 12.1 Å². The molecule has 1 amide bonds. The van der Waals surface area contributed by atoms with Crippen molar-refractivity contribution in [3.8, 4) is 5.69 Å². The number of likely N-dealkylation sites (tertiary alicyclic amines) is 1. The highest BCUT2D eigenvalue weighted by molar-refractivity contribution is 5.83. The molecule has 170 valence electrons. The molecule has 1 aromatic carbocycles. The monoisotopic (exact) mass is 436 g/mol. The molecule has 4 rings (SSSR count). The molecule has 0 unspecified atom stereocenters. The number of amides is 1. The van der Waals surface area contributed by atoms with E-state index in [1.54, 1.807) is 4.68 Å². The van der Waals surface area contributed by atoms with Crippen LogP contribution in [0.25, 0.3) is 16.6 Å². The lowest BCUT2D eigenvalue weighted by atomic mass is 10.2. The zero-order valence-electron chi connectivity index (χ0n) is 19.0. The molecule has 0 bridgehead atoms. The van der Waals surface area contributed by atoms with Gasteiger partial charge in [0.2, 0.25) is 5.91 Å². The first-order valence-electron chi connectivity index (χ1n) is 11.6. The number of aromatic nitrogens is 4. The van der Waals surface area contributed by atoms with Crippen LogP contribution in [0.1, 0.15) is 43.5 Å². The molecular weight excluding hydrogens is 404 g/mol. The maximum Gasteiger partial charge on any atom is 0.278 e. The predicted octanol–water partition coefficient (Wildman–Crippen LogP) is 2.58. The lowest BCUT2D eigenvalue weighted by Gasteiger charge is -2.19. The molecule has 8 heteroatoms. The number of aryl methyl sites for hydroxylation is 2. The van der Waals surface area contributed by atoms with Crippen LogP contribution in [0.5, 0.6) is 0 Å². The summed E-state index contributed by atoms with van der Waals surface area (Å²) >= 11 is 0. The minimum absolute atomic E-state index is 0.0880. The van der Waals surface area contributed by atoms with E-state index in [1.165, 1.54) is 30.4 Å². The molecule has 8 nitrogen and oxygen atoms in total. The second kappa shape index (κ2) is 10.1. The van der Waals surface area contributed by atoms with Crippen molar-refractivity contribution in [3.05, 3.63) is 52.1 Å². The van der Waals surface area contributed by atoms with Crippen LogP contribution in [0, 0.1) is 13.8 Å². The van der Waals surface area contributed by atoms with E-state index >= 15 is 0 Å². The third-order valence-electron chi connectivity index (χ3n) is 6.14. The summed E-state index contributed by atoms with van der Waals surface area (Å²) in [6.07, 6.45) is 6.09. The number of carbonyl (C=O) groups excluding carboxylic acids is 1. The van der Waals surface area contributed by atoms with Gasteiger partial charge >= 0.3 is 0 Å². The summed E-state index contributed by atoms with van der Waals surface area (Å²) in [5.74, 6) is -0.192. The van der Waals surface area contributed by atoms with E-state index in [1.807, 2.05) is 44.2 Å². The summed E-state index contributed by atoms with van der Waals surface area (Å²) in [5, 5.41) is 12.4. The molecule has 0 aliphatic carbocycles. The van der Waals surface area contributed by atoms with Crippen LogP contribution in [0.2, 0.25) is 0 Å². The van der Waals surface area contributed by atoms with E-state index in [2.05, 4.69) is 20.4 Å². The number of carbonyl (C=O) groups is 1. The van der Waals surface area contributed by atoms with Crippen LogP contribution in [0.15, 0.2) is 35.1 Å². The Hall–Kier alpha value is -3.00. The normalized spacial score (nSPS) is 15.1. The molecule has 0 saturated carbocycles. The Kier molecular flexibility index (Phi) is 6.99. The molecule has 1 fully saturated rings. The quantitative estimate of drug-likeness (QED) is 0.576. The van der Waals surface area contributed by atoms with Crippen LogP contribution in [-0.4, -0.2) is 56.5 Å². The highest BCUT2D eigenvalue weighted by Gasteiger charge is 2.18. The smallest absolute Gasteiger partial charge is 0.278 e. The maximum absolute atomic E-state index is 13.1. The zero-order valence-corrected chi connectivity index (χ0v) is 19.0. The Morgan fingerprint density at radius 1 is 1.03 bits per heavy atom. The Bertz CT molecular complexity index is 1130. The number of nitrogens with zero attached hydrogens (tertiary/aromatic N) is 5. The molecule has 1 aliphatic rings. The lowest BCUT2D eigenvalue weighted by Crippen LogP contribution is -2.35. The Morgan fingerprint density at radius 3 is 2.47 bits per heavy atom. The molecule has 0 radical (unpaired) electrons. The van der Waals surface area contributed by atoms with E-state index in [0.717, 1.165) is 37.4 Å². The van der Waals surface area contributed by atoms with Crippen LogP contribution < -0.4 is 10.9 Å². The number of hydrogen-bond acceptors (Lipinski definition) is 5. The van der Waals surface area contributed by atoms with E-state index in [9.17, 15) is 9.59 Å². The fourth-order valence-corrected chi connectivity index (χ4v) is 4.42. The van der Waals surface area contributed by atoms with Crippen LogP contribution >= 0.6 is 0 Å². The van der Waals surface area contributed by atoms with Gasteiger partial charge in [0.05, 0.1) is 22.5 Å². The highest BCUT2D eigenvalue weighted by atomic mass is 16.2. The number of benzene rings is 1. The molecule has 0 atom stereocenters. The maximum atomic E-state index is 13.1. The average Bonchev–Trinajstić information content (AvgIpc) is 2.96. The van der Waals surface area contributed by atoms with Gasteiger partial charge < -0.3 is 10.2 Å². The fourth-order valence-electron chi connectivity index (χ4n) is 4.42. The van der Waals surface area contributed by atoms with Crippen molar-refractivity contribution in [2.75, 3.05) is 26.2 Å². The molecule has 1 N–H and O–H groups in total. The van der Waals surface area contributed by atoms with Gasteiger partial charge in [-0.15, -0.1) is 0 Å². The van der Waals surface area contributed by atoms with Gasteiger partial charge in [-0.05, 0) is 64.9 Å². The van der Waals surface area contributed by atoms with E-state index in [-0.39, 0.29) is 18.0 Å². The summed E-state index contributed by atoms with van der Waals surface area (Å²) in [6.45, 7) is 7.52. The van der Waals surface area contributed by atoms with Crippen molar-refractivity contribution < 1.29 is 4.79 Å². The number of hydrogen-bond donors (Lipinski definition) is 1. The second-order valence-corrected chi connectivity index (χ2v) is 8.56. The Balaban J connectivity index is 1.43. The van der Waals surface area contributed by atoms with Crippen LogP contribution in [0.3, 0.4) is 0 Å². The van der Waals surface area contributed by atoms with Gasteiger partial charge in [-0.25, -0.2) is 9.36 Å². The van der Waals surface area contributed by atoms with Gasteiger partial charge in [0.15, 0.2) is 0 Å². The van der Waals surface area contributed by atoms with Crippen molar-refractivity contribution in [1.82, 2.24) is 29.8 Å². The number of fused-ring (bicyclic) bond motifs is 1. The number of nitrogens with one attached hydrogen (secondary N) is 1. The van der Waals surface area contributed by atoms with Crippen molar-refractivity contribution in [2.24, 2.45) is 0 Å². The van der Waals surface area contributed by atoms with Crippen molar-refractivity contribution in [1.29, 1.82) is 0 Å². The molecule has 3 aromatic rings. The number of rotatable bonds is 7. The topological polar surface area (TPSA) is 85.0 Å². The van der Waals surface area contributed by atoms with Gasteiger partial charge in [-0.2, -0.15) is 10.2 Å². The first-order chi connectivity index (χ1) is 15.5. The van der Waals surface area contributed by atoms with Gasteiger partial charge in [-0.3, -0.25) is 9.59 Å². The predicted molar refractivity (Wildman–Crippen MR) is 125 cm³/mol. The molecule has 1 aliphatic heterocycles. The summed E-state index contributed by atoms with van der Waals surface area (Å²) in [4.78, 5) is 28.1. The molecular formula is C24H32N6O2. The third kappa shape index (κ3) is 4.91. The standard InChI is InChI=1S/C24H32N6O2/c1-18-23-22(19(2)30(27-23)20-11-6-5-7-12-20)24(32)29(26-18)17-21(31)25-13-10-16-28-14-8-3-4-9-15-28/h5-7,11-12H,3-4,8-10,13-17H2,1-2H3,(H,25,31). The minimum Gasteiger partial charge on any atom is -0.354 e. The van der Waals surface area contributed by atoms with Crippen molar-refractivity contribution >= 4 is 16.8 Å². The summed E-state index contributed by atoms with van der Waals surface area (Å²) in [5.41, 5.74) is 2.55. The first-order valence-corrected chi connectivity index (χ1v) is 11.6. The van der Waals surface area contributed by atoms with Gasteiger partial charge in [-0.1, -0.05) is 31.0 Å². The fraction of sp³-hybridized carbons (Fsp3) is 0.500. The zero-order chi connectivity index (χ0) is 22.5. The number of para-hydroxylation sites is 1. The van der Waals surface area contributed by atoms with Crippen LogP contribution in [0.4, 0.5) is 0 Å². The molecule has 2 aromatic heterocycles. The summed E-state index contributed by atoms with van der Waals surface area (Å²) in [7, 11) is 0. The summed E-state index contributed by atoms with van der Waals surface area (Å²) < 4.78 is 3.01. The molecule has 3 heterocycles. The SMILES string of the molecule is Cc1nn(CC(=O)NCCCN2CCCCCC2)c(=O)c2c(C)n(-c3ccccc3)nc12. The largest absolute Gasteiger partial charge is 0.354 e. The Morgan fingerprint density at radius 2 is 1.75 bits per heavy atom. The van der Waals surface area contributed by atoms with Gasteiger partial charge in [0, 0.05) is 6.54 Å². The lowest BCUT2D eigenvalue weighted by molar-refractivity contribution is -0.121. The average molecular weight is 437 g/mol.